The molecule has 2 fully saturated rings. The SMILES string of the molecule is COc1cccc(OC)c1C(Cl)=NC1(Cl)C(=O)N2[C@@H](C(=O)O)C(C)(C)S[C@@H]21. The van der Waals surface area contributed by atoms with E-state index in [4.69, 9.17) is 32.7 Å². The first-order valence-electron chi connectivity index (χ1n) is 7.97. The number of fused-ring (bicyclic) bond motifs is 1. The minimum Gasteiger partial charge on any atom is -0.496 e. The van der Waals surface area contributed by atoms with Crippen LogP contribution in [0.3, 0.4) is 0 Å². The van der Waals surface area contributed by atoms with E-state index in [0.29, 0.717) is 17.1 Å². The second-order valence-electron chi connectivity index (χ2n) is 6.64. The van der Waals surface area contributed by atoms with Gasteiger partial charge in [0.1, 0.15) is 28.1 Å². The zero-order valence-electron chi connectivity index (χ0n) is 15.0. The van der Waals surface area contributed by atoms with Gasteiger partial charge < -0.3 is 19.5 Å². The van der Waals surface area contributed by atoms with Crippen molar-refractivity contribution in [2.45, 2.75) is 35.0 Å². The average molecular weight is 433 g/mol. The normalized spacial score (nSPS) is 29.2. The van der Waals surface area contributed by atoms with E-state index in [-0.39, 0.29) is 5.17 Å². The minimum absolute atomic E-state index is 0.0514. The van der Waals surface area contributed by atoms with E-state index in [1.54, 1.807) is 32.0 Å². The van der Waals surface area contributed by atoms with Crippen molar-refractivity contribution in [1.29, 1.82) is 0 Å². The molecule has 0 bridgehead atoms. The van der Waals surface area contributed by atoms with Crippen LogP contribution in [0.15, 0.2) is 23.2 Å². The van der Waals surface area contributed by atoms with Crippen molar-refractivity contribution >= 4 is 52.0 Å². The van der Waals surface area contributed by atoms with Gasteiger partial charge in [0, 0.05) is 4.75 Å². The number of carbonyl (C=O) groups is 2. The third-order valence-corrected chi connectivity index (χ3v) is 7.07. The average Bonchev–Trinajstić information content (AvgIpc) is 2.90. The number of halogens is 2. The fourth-order valence-electron chi connectivity index (χ4n) is 3.36. The van der Waals surface area contributed by atoms with Gasteiger partial charge in [-0.1, -0.05) is 29.3 Å². The molecule has 2 aliphatic rings. The topological polar surface area (TPSA) is 88.4 Å². The zero-order chi connectivity index (χ0) is 20.1. The van der Waals surface area contributed by atoms with Gasteiger partial charge in [0.15, 0.2) is 0 Å². The molecule has 0 saturated carbocycles. The number of aliphatic carboxylic acids is 1. The van der Waals surface area contributed by atoms with Crippen molar-refractivity contribution in [2.24, 2.45) is 4.99 Å². The van der Waals surface area contributed by atoms with Crippen LogP contribution in [0.5, 0.6) is 11.5 Å². The molecule has 0 radical (unpaired) electrons. The van der Waals surface area contributed by atoms with Gasteiger partial charge in [-0.25, -0.2) is 9.79 Å². The third kappa shape index (κ3) is 2.94. The van der Waals surface area contributed by atoms with Crippen molar-refractivity contribution in [2.75, 3.05) is 14.2 Å². The largest absolute Gasteiger partial charge is 0.496 e. The summed E-state index contributed by atoms with van der Waals surface area (Å²) < 4.78 is 9.89. The van der Waals surface area contributed by atoms with Crippen LogP contribution in [0.4, 0.5) is 0 Å². The Bertz CT molecular complexity index is 824. The predicted molar refractivity (Wildman–Crippen MR) is 104 cm³/mol. The number of hydrogen-bond acceptors (Lipinski definition) is 6. The van der Waals surface area contributed by atoms with Crippen LogP contribution in [-0.4, -0.2) is 62.4 Å². The lowest BCUT2D eigenvalue weighted by atomic mass is 9.96. The number of nitrogens with zero attached hydrogens (tertiary/aromatic N) is 2. The van der Waals surface area contributed by atoms with Gasteiger partial charge in [0.25, 0.3) is 5.91 Å². The monoisotopic (exact) mass is 432 g/mol. The Morgan fingerprint density at radius 1 is 1.30 bits per heavy atom. The van der Waals surface area contributed by atoms with Gasteiger partial charge in [-0.05, 0) is 26.0 Å². The molecule has 0 aromatic heterocycles. The summed E-state index contributed by atoms with van der Waals surface area (Å²) in [7, 11) is 2.95. The van der Waals surface area contributed by atoms with Crippen LogP contribution < -0.4 is 9.47 Å². The van der Waals surface area contributed by atoms with Crippen molar-refractivity contribution in [1.82, 2.24) is 4.90 Å². The Balaban J connectivity index is 2.02. The number of thioether (sulfide) groups is 1. The summed E-state index contributed by atoms with van der Waals surface area (Å²) in [5, 5.41) is 8.82. The molecule has 1 aromatic carbocycles. The molecular weight excluding hydrogens is 415 g/mol. The van der Waals surface area contributed by atoms with Crippen molar-refractivity contribution in [3.63, 3.8) is 0 Å². The molecule has 3 rings (SSSR count). The van der Waals surface area contributed by atoms with Crippen LogP contribution in [0, 0.1) is 0 Å². The number of carbonyl (C=O) groups excluding carboxylic acids is 1. The number of rotatable bonds is 5. The number of benzene rings is 1. The molecule has 0 aliphatic carbocycles. The molecule has 10 heteroatoms. The number of methoxy groups -OCH3 is 2. The maximum absolute atomic E-state index is 12.7. The number of hydrogen-bond donors (Lipinski definition) is 1. The highest BCUT2D eigenvalue weighted by Gasteiger charge is 2.71. The predicted octanol–water partition coefficient (Wildman–Crippen LogP) is 2.77. The maximum Gasteiger partial charge on any atom is 0.327 e. The first-order valence-corrected chi connectivity index (χ1v) is 9.61. The van der Waals surface area contributed by atoms with Crippen molar-refractivity contribution in [3.8, 4) is 11.5 Å². The molecular formula is C17H18Cl2N2O5S. The highest BCUT2D eigenvalue weighted by molar-refractivity contribution is 8.01. The Hall–Kier alpha value is -1.64. The summed E-state index contributed by atoms with van der Waals surface area (Å²) in [5.41, 5.74) is 0.368. The Morgan fingerprint density at radius 2 is 1.85 bits per heavy atom. The minimum atomic E-state index is -1.69. The zero-order valence-corrected chi connectivity index (χ0v) is 17.4. The Morgan fingerprint density at radius 3 is 2.33 bits per heavy atom. The lowest BCUT2D eigenvalue weighted by molar-refractivity contribution is -0.160. The van der Waals surface area contributed by atoms with E-state index >= 15 is 0 Å². The Kier molecular flexibility index (Phi) is 5.03. The molecule has 1 amide bonds. The van der Waals surface area contributed by atoms with Crippen molar-refractivity contribution in [3.05, 3.63) is 23.8 Å². The van der Waals surface area contributed by atoms with Gasteiger partial charge in [-0.3, -0.25) is 4.79 Å². The van der Waals surface area contributed by atoms with Gasteiger partial charge >= 0.3 is 5.97 Å². The van der Waals surface area contributed by atoms with Gasteiger partial charge in [-0.2, -0.15) is 0 Å². The molecule has 3 atom stereocenters. The summed E-state index contributed by atoms with van der Waals surface area (Å²) in [6, 6.07) is 4.10. The highest BCUT2D eigenvalue weighted by atomic mass is 35.5. The summed E-state index contributed by atoms with van der Waals surface area (Å²) >= 11 is 14.2. The molecule has 1 N–H and O–H groups in total. The second-order valence-corrected chi connectivity index (χ2v) is 9.31. The molecule has 0 spiro atoms. The molecule has 146 valence electrons. The molecule has 2 saturated heterocycles. The smallest absolute Gasteiger partial charge is 0.327 e. The van der Waals surface area contributed by atoms with Crippen LogP contribution in [-0.2, 0) is 9.59 Å². The lowest BCUT2D eigenvalue weighted by Crippen LogP contribution is -2.70. The molecule has 1 unspecified atom stereocenters. The number of carboxylic acids is 1. The van der Waals surface area contributed by atoms with E-state index in [2.05, 4.69) is 4.99 Å². The third-order valence-electron chi connectivity index (χ3n) is 4.60. The molecule has 1 aromatic rings. The summed E-state index contributed by atoms with van der Waals surface area (Å²) in [6.07, 6.45) is 0. The summed E-state index contributed by atoms with van der Waals surface area (Å²) in [5.74, 6) is -0.847. The number of ether oxygens (including phenoxy) is 2. The summed E-state index contributed by atoms with van der Waals surface area (Å²) in [4.78, 5) is 28.2. The van der Waals surface area contributed by atoms with E-state index in [9.17, 15) is 14.7 Å². The van der Waals surface area contributed by atoms with E-state index < -0.39 is 33.0 Å². The van der Waals surface area contributed by atoms with Crippen LogP contribution >= 0.6 is 35.0 Å². The fraction of sp³-hybridized carbons (Fsp3) is 0.471. The van der Waals surface area contributed by atoms with Gasteiger partial charge in [0.05, 0.1) is 19.8 Å². The maximum atomic E-state index is 12.7. The quantitative estimate of drug-likeness (QED) is 0.333. The molecule has 27 heavy (non-hydrogen) atoms. The Labute approximate surface area is 170 Å². The van der Waals surface area contributed by atoms with Gasteiger partial charge in [-0.15, -0.1) is 11.8 Å². The van der Waals surface area contributed by atoms with E-state index in [1.165, 1.54) is 30.9 Å². The first-order chi connectivity index (χ1) is 12.6. The van der Waals surface area contributed by atoms with Crippen LogP contribution in [0.25, 0.3) is 0 Å². The molecule has 7 nitrogen and oxygen atoms in total. The number of amides is 1. The van der Waals surface area contributed by atoms with E-state index in [1.807, 2.05) is 0 Å². The number of alkyl halides is 1. The second kappa shape index (κ2) is 6.76. The fourth-order valence-corrected chi connectivity index (χ4v) is 5.70. The van der Waals surface area contributed by atoms with E-state index in [0.717, 1.165) is 0 Å². The number of carboxylic acid groups (broad SMARTS) is 1. The molecule has 2 aliphatic heterocycles. The van der Waals surface area contributed by atoms with Crippen LogP contribution in [0.2, 0.25) is 0 Å². The lowest BCUT2D eigenvalue weighted by Gasteiger charge is -2.46. The van der Waals surface area contributed by atoms with Crippen LogP contribution in [0.1, 0.15) is 19.4 Å². The highest BCUT2D eigenvalue weighted by Crippen LogP contribution is 2.58. The molecule has 2 heterocycles. The van der Waals surface area contributed by atoms with Gasteiger partial charge in [0.2, 0.25) is 5.00 Å². The summed E-state index contributed by atoms with van der Waals surface area (Å²) in [6.45, 7) is 3.52. The number of β-lactam (4-membered cyclic amide) rings is 1. The van der Waals surface area contributed by atoms with Crippen molar-refractivity contribution < 1.29 is 24.2 Å². The number of aliphatic imine (C=N–C) groups is 1. The standard InChI is InChI=1S/C17H18Cl2N2O5S/c1-16(2)11(13(22)23)21-14(24)17(19,15(21)27-16)20-12(18)10-8(25-3)6-5-7-9(10)26-4/h5-7,11,15H,1-4H3,(H,22,23)/t11-,15+,17?/m0/s1. The first kappa shape index (κ1) is 20.1.